The molecule has 0 aromatic heterocycles. The van der Waals surface area contributed by atoms with Crippen LogP contribution in [0.4, 0.5) is 0 Å². The van der Waals surface area contributed by atoms with Crippen LogP contribution in [0.2, 0.25) is 0 Å². The van der Waals surface area contributed by atoms with Crippen molar-refractivity contribution in [3.8, 4) is 0 Å². The highest BCUT2D eigenvalue weighted by Crippen LogP contribution is 2.43. The highest BCUT2D eigenvalue weighted by molar-refractivity contribution is 7.47. The zero-order valence-corrected chi connectivity index (χ0v) is 16.7. The monoisotopic (exact) mass is 378 g/mol. The summed E-state index contributed by atoms with van der Waals surface area (Å²) < 4.78 is 26.0. The van der Waals surface area contributed by atoms with E-state index in [9.17, 15) is 14.3 Å². The Morgan fingerprint density at radius 2 is 1.36 bits per heavy atom. The van der Waals surface area contributed by atoms with Crippen LogP contribution < -0.4 is 0 Å². The fraction of sp³-hybridized carbons (Fsp3) is 0.833. The summed E-state index contributed by atoms with van der Waals surface area (Å²) in [6.07, 6.45) is 11.8. The third kappa shape index (κ3) is 16.5. The van der Waals surface area contributed by atoms with Crippen molar-refractivity contribution in [1.82, 2.24) is 0 Å². The van der Waals surface area contributed by atoms with Crippen LogP contribution in [0.25, 0.3) is 0 Å². The lowest BCUT2D eigenvalue weighted by molar-refractivity contribution is -0.139. The van der Waals surface area contributed by atoms with E-state index in [0.29, 0.717) is 0 Å². The van der Waals surface area contributed by atoms with Gasteiger partial charge in [0.15, 0.2) is 0 Å². The molecule has 148 valence electrons. The smallest absolute Gasteiger partial charge is 0.460 e. The van der Waals surface area contributed by atoms with E-state index in [2.05, 4.69) is 13.5 Å². The Morgan fingerprint density at radius 3 is 1.88 bits per heavy atom. The van der Waals surface area contributed by atoms with Gasteiger partial charge in [-0.3, -0.25) is 9.05 Å². The highest BCUT2D eigenvalue weighted by atomic mass is 31.2. The lowest BCUT2D eigenvalue weighted by Crippen LogP contribution is -2.10. The van der Waals surface area contributed by atoms with E-state index in [0.717, 1.165) is 19.3 Å². The van der Waals surface area contributed by atoms with Crippen molar-refractivity contribution >= 4 is 13.8 Å². The van der Waals surface area contributed by atoms with E-state index in [1.807, 2.05) is 0 Å². The van der Waals surface area contributed by atoms with Crippen molar-refractivity contribution in [2.75, 3.05) is 19.8 Å². The number of carbonyl (C=O) groups excluding carboxylic acids is 1. The number of rotatable bonds is 17. The van der Waals surface area contributed by atoms with Crippen LogP contribution in [0.5, 0.6) is 0 Å². The molecule has 25 heavy (non-hydrogen) atoms. The summed E-state index contributed by atoms with van der Waals surface area (Å²) in [5.41, 5.74) is 0.268. The molecule has 0 aliphatic carbocycles. The second kappa shape index (κ2) is 15.6. The van der Waals surface area contributed by atoms with E-state index in [1.54, 1.807) is 0 Å². The number of carbonyl (C=O) groups is 1. The van der Waals surface area contributed by atoms with Gasteiger partial charge in [0.05, 0.1) is 13.2 Å². The zero-order valence-electron chi connectivity index (χ0n) is 15.8. The Kier molecular flexibility index (Phi) is 15.1. The highest BCUT2D eigenvalue weighted by Gasteiger charge is 2.20. The molecule has 0 aromatic carbocycles. The summed E-state index contributed by atoms with van der Waals surface area (Å²) in [7, 11) is -4.07. The molecule has 0 rings (SSSR count). The largest absolute Gasteiger partial charge is 0.472 e. The second-order valence-corrected chi connectivity index (χ2v) is 7.69. The van der Waals surface area contributed by atoms with Crippen molar-refractivity contribution in [3.63, 3.8) is 0 Å². The standard InChI is InChI=1S/C18H35O6P/c1-4-5-6-7-8-9-10-11-12-13-14-23-25(20,21)24-16-15-22-18(19)17(2)3/h2,4-16H2,1,3H3,(H,20,21). The van der Waals surface area contributed by atoms with E-state index in [-0.39, 0.29) is 25.4 Å². The van der Waals surface area contributed by atoms with Gasteiger partial charge in [-0.2, -0.15) is 0 Å². The average molecular weight is 378 g/mol. The minimum atomic E-state index is -4.07. The molecule has 0 heterocycles. The van der Waals surface area contributed by atoms with Crippen LogP contribution >= 0.6 is 7.82 Å². The molecular weight excluding hydrogens is 343 g/mol. The Labute approximate surface area is 152 Å². The maximum atomic E-state index is 11.6. The number of phosphoric acid groups is 1. The van der Waals surface area contributed by atoms with Gasteiger partial charge in [0.25, 0.3) is 0 Å². The second-order valence-electron chi connectivity index (χ2n) is 6.23. The van der Waals surface area contributed by atoms with Crippen molar-refractivity contribution in [1.29, 1.82) is 0 Å². The van der Waals surface area contributed by atoms with Gasteiger partial charge in [-0.05, 0) is 13.3 Å². The van der Waals surface area contributed by atoms with Crippen molar-refractivity contribution in [3.05, 3.63) is 12.2 Å². The molecule has 0 aromatic rings. The van der Waals surface area contributed by atoms with Crippen LogP contribution in [0.15, 0.2) is 12.2 Å². The zero-order chi connectivity index (χ0) is 19.0. The van der Waals surface area contributed by atoms with Crippen LogP contribution in [-0.2, 0) is 23.1 Å². The first-order valence-electron chi connectivity index (χ1n) is 9.33. The van der Waals surface area contributed by atoms with Gasteiger partial charge in [-0.25, -0.2) is 9.36 Å². The minimum absolute atomic E-state index is 0.113. The van der Waals surface area contributed by atoms with Crippen LogP contribution in [0.3, 0.4) is 0 Å². The molecule has 1 atom stereocenters. The minimum Gasteiger partial charge on any atom is -0.460 e. The quantitative estimate of drug-likeness (QED) is 0.163. The molecule has 1 N–H and O–H groups in total. The summed E-state index contributed by atoms with van der Waals surface area (Å²) in [6, 6.07) is 0. The van der Waals surface area contributed by atoms with Crippen LogP contribution in [0.1, 0.15) is 78.1 Å². The molecule has 6 nitrogen and oxygen atoms in total. The van der Waals surface area contributed by atoms with Gasteiger partial charge in [0.1, 0.15) is 6.61 Å². The fourth-order valence-electron chi connectivity index (χ4n) is 2.22. The maximum absolute atomic E-state index is 11.6. The predicted octanol–water partition coefficient (Wildman–Crippen LogP) is 5.16. The lowest BCUT2D eigenvalue weighted by Gasteiger charge is -2.12. The summed E-state index contributed by atoms with van der Waals surface area (Å²) in [6.45, 7) is 7.06. The molecule has 0 radical (unpaired) electrons. The summed E-state index contributed by atoms with van der Waals surface area (Å²) in [5.74, 6) is -0.553. The van der Waals surface area contributed by atoms with Crippen LogP contribution in [0, 0.1) is 0 Å². The Morgan fingerprint density at radius 1 is 0.880 bits per heavy atom. The molecule has 0 saturated heterocycles. The van der Waals surface area contributed by atoms with Crippen molar-refractivity contribution in [2.45, 2.75) is 78.1 Å². The number of esters is 1. The third-order valence-corrected chi connectivity index (χ3v) is 4.69. The van der Waals surface area contributed by atoms with E-state index in [1.165, 1.54) is 51.9 Å². The lowest BCUT2D eigenvalue weighted by atomic mass is 10.1. The molecule has 0 aliphatic rings. The molecule has 0 spiro atoms. The molecule has 7 heteroatoms. The van der Waals surface area contributed by atoms with Crippen molar-refractivity contribution in [2.24, 2.45) is 0 Å². The maximum Gasteiger partial charge on any atom is 0.472 e. The summed E-state index contributed by atoms with van der Waals surface area (Å²) in [5, 5.41) is 0. The number of hydrogen-bond acceptors (Lipinski definition) is 5. The summed E-state index contributed by atoms with van der Waals surface area (Å²) in [4.78, 5) is 20.6. The molecule has 0 aliphatic heterocycles. The first-order valence-corrected chi connectivity index (χ1v) is 10.8. The number of hydrogen-bond donors (Lipinski definition) is 1. The van der Waals surface area contributed by atoms with E-state index in [4.69, 9.17) is 13.8 Å². The van der Waals surface area contributed by atoms with Crippen molar-refractivity contribution < 1.29 is 28.0 Å². The van der Waals surface area contributed by atoms with E-state index < -0.39 is 13.8 Å². The van der Waals surface area contributed by atoms with Gasteiger partial charge in [-0.1, -0.05) is 71.3 Å². The normalized spacial score (nSPS) is 13.4. The Balaban J connectivity index is 3.46. The third-order valence-electron chi connectivity index (χ3n) is 3.67. The number of ether oxygens (including phenoxy) is 1. The molecule has 0 saturated carbocycles. The first kappa shape index (κ1) is 24.3. The fourth-order valence-corrected chi connectivity index (χ4v) is 2.96. The summed E-state index contributed by atoms with van der Waals surface area (Å²) >= 11 is 0. The van der Waals surface area contributed by atoms with Gasteiger partial charge in [0, 0.05) is 5.57 Å². The Hall–Kier alpha value is -0.680. The molecular formula is C18H35O6P. The molecule has 0 bridgehead atoms. The van der Waals surface area contributed by atoms with E-state index >= 15 is 0 Å². The molecule has 0 fully saturated rings. The predicted molar refractivity (Wildman–Crippen MR) is 99.3 cm³/mol. The SMILES string of the molecule is C=C(C)C(=O)OCCOP(=O)(O)OCCCCCCCCCCCC. The number of unbranched alkanes of at least 4 members (excludes halogenated alkanes) is 9. The van der Waals surface area contributed by atoms with Gasteiger partial charge in [-0.15, -0.1) is 0 Å². The van der Waals surface area contributed by atoms with Gasteiger partial charge >= 0.3 is 13.8 Å². The molecule has 0 amide bonds. The van der Waals surface area contributed by atoms with Gasteiger partial charge in [0.2, 0.25) is 0 Å². The average Bonchev–Trinajstić information content (AvgIpc) is 2.56. The van der Waals surface area contributed by atoms with Crippen LogP contribution in [-0.4, -0.2) is 30.7 Å². The molecule has 1 unspecified atom stereocenters. The Bertz CT molecular complexity index is 410. The van der Waals surface area contributed by atoms with Gasteiger partial charge < -0.3 is 9.63 Å². The topological polar surface area (TPSA) is 82.1 Å². The first-order chi connectivity index (χ1) is 11.9. The number of phosphoric ester groups is 1.